The molecular weight excluding hydrogens is 833 g/mol. The standard InChI is InChI=1S/C67H48N2/c1-65(2)52-23-11-8-20-46(52)63-56(65)27-15-29-61(63)69(62-30-16-28-57-64(62)47-21-9-14-26-55(47)67(57)53-24-12-6-17-43(53)44-18-7-13-25-54(44)67)42-34-31-40(32-35-42)41-33-36-59-49(37-41)50-38-48-45-19-5-10-22-51(45)66(3,4)58(48)39-60(50)68-59/h5-39,68H,1-4H3. The predicted octanol–water partition coefficient (Wildman–Crippen LogP) is 17.4. The lowest BCUT2D eigenvalue weighted by atomic mass is 9.70. The molecular formula is C67H48N2. The maximum atomic E-state index is 3.79. The summed E-state index contributed by atoms with van der Waals surface area (Å²) in [7, 11) is 0. The Bertz CT molecular complexity index is 3980. The van der Waals surface area contributed by atoms with E-state index in [4.69, 9.17) is 0 Å². The number of hydrogen-bond donors (Lipinski definition) is 1. The first kappa shape index (κ1) is 38.9. The molecule has 15 rings (SSSR count). The number of aromatic nitrogens is 1. The number of benzene rings is 10. The van der Waals surface area contributed by atoms with Gasteiger partial charge in [-0.05, 0) is 138 Å². The zero-order valence-electron chi connectivity index (χ0n) is 39.2. The summed E-state index contributed by atoms with van der Waals surface area (Å²) < 4.78 is 0. The van der Waals surface area contributed by atoms with Crippen LogP contribution in [0.4, 0.5) is 17.1 Å². The third-order valence-corrected chi connectivity index (χ3v) is 16.8. The normalized spacial score (nSPS) is 15.3. The van der Waals surface area contributed by atoms with Gasteiger partial charge in [0.1, 0.15) is 0 Å². The van der Waals surface area contributed by atoms with E-state index in [1.165, 1.54) is 128 Å². The van der Waals surface area contributed by atoms with Gasteiger partial charge in [-0.1, -0.05) is 191 Å². The first-order valence-corrected chi connectivity index (χ1v) is 24.5. The molecule has 4 aliphatic rings. The maximum absolute atomic E-state index is 3.79. The molecule has 69 heavy (non-hydrogen) atoms. The van der Waals surface area contributed by atoms with Crippen LogP contribution in [0, 0.1) is 0 Å². The summed E-state index contributed by atoms with van der Waals surface area (Å²) in [5.41, 5.74) is 29.0. The molecule has 0 bridgehead atoms. The molecule has 0 unspecified atom stereocenters. The lowest BCUT2D eigenvalue weighted by Gasteiger charge is -2.32. The summed E-state index contributed by atoms with van der Waals surface area (Å²) in [5, 5.41) is 2.52. The molecule has 0 saturated carbocycles. The van der Waals surface area contributed by atoms with Crippen LogP contribution in [0.1, 0.15) is 72.2 Å². The molecule has 10 aromatic carbocycles. The Kier molecular flexibility index (Phi) is 7.60. The number of H-pyrrole nitrogens is 1. The highest BCUT2D eigenvalue weighted by Gasteiger charge is 2.52. The van der Waals surface area contributed by atoms with Gasteiger partial charge in [0.15, 0.2) is 0 Å². The first-order chi connectivity index (χ1) is 33.7. The third kappa shape index (κ3) is 4.91. The Labute approximate surface area is 403 Å². The summed E-state index contributed by atoms with van der Waals surface area (Å²) in [4.78, 5) is 6.37. The van der Waals surface area contributed by atoms with E-state index in [-0.39, 0.29) is 10.8 Å². The molecule has 0 amide bonds. The van der Waals surface area contributed by atoms with Gasteiger partial charge in [-0.15, -0.1) is 0 Å². The Morgan fingerprint density at radius 1 is 0.319 bits per heavy atom. The molecule has 2 heteroatoms. The summed E-state index contributed by atoms with van der Waals surface area (Å²) >= 11 is 0. The van der Waals surface area contributed by atoms with E-state index in [1.807, 2.05) is 0 Å². The zero-order valence-corrected chi connectivity index (χ0v) is 39.2. The van der Waals surface area contributed by atoms with Crippen molar-refractivity contribution in [2.24, 2.45) is 0 Å². The Balaban J connectivity index is 0.936. The number of aromatic amines is 1. The van der Waals surface area contributed by atoms with Crippen LogP contribution in [0.5, 0.6) is 0 Å². The zero-order chi connectivity index (χ0) is 46.0. The highest BCUT2D eigenvalue weighted by molar-refractivity contribution is 6.11. The van der Waals surface area contributed by atoms with Gasteiger partial charge in [-0.3, -0.25) is 0 Å². The van der Waals surface area contributed by atoms with E-state index in [9.17, 15) is 0 Å². The number of rotatable bonds is 4. The van der Waals surface area contributed by atoms with Crippen LogP contribution in [0.3, 0.4) is 0 Å². The monoisotopic (exact) mass is 880 g/mol. The lowest BCUT2D eigenvalue weighted by molar-refractivity contribution is 0.660. The quantitative estimate of drug-likeness (QED) is 0.187. The summed E-state index contributed by atoms with van der Waals surface area (Å²) in [5.74, 6) is 0. The topological polar surface area (TPSA) is 19.0 Å². The highest BCUT2D eigenvalue weighted by atomic mass is 15.1. The number of nitrogens with zero attached hydrogens (tertiary/aromatic N) is 1. The van der Waals surface area contributed by atoms with Crippen LogP contribution >= 0.6 is 0 Å². The van der Waals surface area contributed by atoms with Crippen LogP contribution < -0.4 is 4.90 Å². The molecule has 0 atom stereocenters. The van der Waals surface area contributed by atoms with Crippen molar-refractivity contribution in [3.8, 4) is 55.6 Å². The second-order valence-corrected chi connectivity index (χ2v) is 20.8. The van der Waals surface area contributed by atoms with E-state index in [2.05, 4.69) is 250 Å². The van der Waals surface area contributed by atoms with Crippen molar-refractivity contribution in [3.05, 3.63) is 257 Å². The van der Waals surface area contributed by atoms with Crippen molar-refractivity contribution < 1.29 is 0 Å². The second-order valence-electron chi connectivity index (χ2n) is 20.8. The smallest absolute Gasteiger partial charge is 0.0726 e. The largest absolute Gasteiger partial charge is 0.355 e. The molecule has 11 aromatic rings. The molecule has 326 valence electrons. The van der Waals surface area contributed by atoms with E-state index in [0.29, 0.717) is 0 Å². The molecule has 4 aliphatic carbocycles. The second kappa shape index (κ2) is 13.5. The van der Waals surface area contributed by atoms with Crippen molar-refractivity contribution in [2.75, 3.05) is 4.90 Å². The maximum Gasteiger partial charge on any atom is 0.0726 e. The third-order valence-electron chi connectivity index (χ3n) is 16.8. The van der Waals surface area contributed by atoms with Crippen LogP contribution in [0.15, 0.2) is 212 Å². The fraction of sp³-hybridized carbons (Fsp3) is 0.104. The van der Waals surface area contributed by atoms with Crippen LogP contribution in [-0.4, -0.2) is 4.98 Å². The number of hydrogen-bond acceptors (Lipinski definition) is 1. The van der Waals surface area contributed by atoms with Gasteiger partial charge in [0.05, 0.1) is 16.8 Å². The van der Waals surface area contributed by atoms with Crippen molar-refractivity contribution in [2.45, 2.75) is 43.9 Å². The molecule has 1 aromatic heterocycles. The Morgan fingerprint density at radius 3 is 1.41 bits per heavy atom. The van der Waals surface area contributed by atoms with Crippen LogP contribution in [0.25, 0.3) is 77.4 Å². The fourth-order valence-electron chi connectivity index (χ4n) is 13.7. The van der Waals surface area contributed by atoms with Crippen molar-refractivity contribution in [1.29, 1.82) is 0 Å². The SMILES string of the molecule is CC1(C)c2ccccc2-c2cc3c(cc21)[nH]c1ccc(-c2ccc(N(c4cccc5c4-c4ccccc4C5(C)C)c4cccc5c4-c4ccccc4C54c5ccccc5-c5ccccc54)cc2)cc13. The van der Waals surface area contributed by atoms with Crippen molar-refractivity contribution in [3.63, 3.8) is 0 Å². The minimum Gasteiger partial charge on any atom is -0.355 e. The molecule has 0 fully saturated rings. The van der Waals surface area contributed by atoms with E-state index in [1.54, 1.807) is 0 Å². The number of fused-ring (bicyclic) bond motifs is 19. The minimum absolute atomic E-state index is 0.0460. The summed E-state index contributed by atoms with van der Waals surface area (Å²) in [6.45, 7) is 9.48. The van der Waals surface area contributed by atoms with Gasteiger partial charge in [0.2, 0.25) is 0 Å². The average molecular weight is 881 g/mol. The van der Waals surface area contributed by atoms with E-state index < -0.39 is 5.41 Å². The highest BCUT2D eigenvalue weighted by Crippen LogP contribution is 2.65. The predicted molar refractivity (Wildman–Crippen MR) is 287 cm³/mol. The first-order valence-electron chi connectivity index (χ1n) is 24.5. The number of nitrogens with one attached hydrogen (secondary N) is 1. The molecule has 1 heterocycles. The Hall–Kier alpha value is -8.20. The molecule has 2 nitrogen and oxygen atoms in total. The fourth-order valence-corrected chi connectivity index (χ4v) is 13.7. The van der Waals surface area contributed by atoms with Crippen molar-refractivity contribution in [1.82, 2.24) is 4.98 Å². The molecule has 0 aliphatic heterocycles. The van der Waals surface area contributed by atoms with Gasteiger partial charge in [0.25, 0.3) is 0 Å². The van der Waals surface area contributed by atoms with Crippen LogP contribution in [0.2, 0.25) is 0 Å². The van der Waals surface area contributed by atoms with Crippen LogP contribution in [-0.2, 0) is 16.2 Å². The van der Waals surface area contributed by atoms with E-state index in [0.717, 1.165) is 11.2 Å². The van der Waals surface area contributed by atoms with Gasteiger partial charge in [0, 0.05) is 49.5 Å². The molecule has 1 spiro atoms. The van der Waals surface area contributed by atoms with Gasteiger partial charge < -0.3 is 9.88 Å². The molecule has 0 saturated heterocycles. The lowest BCUT2D eigenvalue weighted by Crippen LogP contribution is -2.26. The van der Waals surface area contributed by atoms with Gasteiger partial charge >= 0.3 is 0 Å². The minimum atomic E-state index is -0.446. The van der Waals surface area contributed by atoms with Crippen molar-refractivity contribution >= 4 is 38.9 Å². The summed E-state index contributed by atoms with van der Waals surface area (Å²) in [6, 6.07) is 80.5. The average Bonchev–Trinajstić information content (AvgIpc) is 4.13. The number of anilines is 3. The molecule has 1 N–H and O–H groups in total. The molecule has 0 radical (unpaired) electrons. The Morgan fingerprint density at radius 2 is 0.768 bits per heavy atom. The summed E-state index contributed by atoms with van der Waals surface area (Å²) in [6.07, 6.45) is 0. The van der Waals surface area contributed by atoms with Gasteiger partial charge in [-0.2, -0.15) is 0 Å². The van der Waals surface area contributed by atoms with E-state index >= 15 is 0 Å². The van der Waals surface area contributed by atoms with Gasteiger partial charge in [-0.25, -0.2) is 0 Å².